The van der Waals surface area contributed by atoms with Gasteiger partial charge in [0.25, 0.3) is 5.56 Å². The molecule has 42 heavy (non-hydrogen) atoms. The third kappa shape index (κ3) is 6.25. The summed E-state index contributed by atoms with van der Waals surface area (Å²) in [5.74, 6) is 0.628. The summed E-state index contributed by atoms with van der Waals surface area (Å²) in [6.07, 6.45) is 1.80. The number of thiazole rings is 1. The molecule has 0 saturated carbocycles. The fourth-order valence-corrected chi connectivity index (χ4v) is 6.69. The maximum absolute atomic E-state index is 13.9. The molecule has 0 bridgehead atoms. The van der Waals surface area contributed by atoms with Gasteiger partial charge < -0.3 is 14.2 Å². The van der Waals surface area contributed by atoms with Crippen molar-refractivity contribution in [3.05, 3.63) is 122 Å². The molecular formula is C32H28BrIN2O5S. The van der Waals surface area contributed by atoms with Crippen LogP contribution >= 0.6 is 49.9 Å². The lowest BCUT2D eigenvalue weighted by molar-refractivity contribution is -0.139. The van der Waals surface area contributed by atoms with Crippen molar-refractivity contribution in [2.75, 3.05) is 13.7 Å². The Hall–Kier alpha value is -3.22. The highest BCUT2D eigenvalue weighted by molar-refractivity contribution is 14.1. The minimum atomic E-state index is -0.652. The van der Waals surface area contributed by atoms with Gasteiger partial charge in [0.05, 0.1) is 40.0 Å². The number of aryl methyl sites for hydroxylation is 1. The van der Waals surface area contributed by atoms with Crippen molar-refractivity contribution in [1.29, 1.82) is 0 Å². The summed E-state index contributed by atoms with van der Waals surface area (Å²) in [4.78, 5) is 32.2. The van der Waals surface area contributed by atoms with Crippen LogP contribution in [0.15, 0.2) is 86.2 Å². The van der Waals surface area contributed by atoms with Crippen LogP contribution in [-0.4, -0.2) is 24.3 Å². The molecule has 4 aromatic rings. The molecule has 2 heterocycles. The molecule has 1 atom stereocenters. The molecule has 216 valence electrons. The summed E-state index contributed by atoms with van der Waals surface area (Å²) >= 11 is 7.17. The Morgan fingerprint density at radius 2 is 1.83 bits per heavy atom. The Morgan fingerprint density at radius 3 is 2.50 bits per heavy atom. The number of hydrogen-bond donors (Lipinski definition) is 0. The van der Waals surface area contributed by atoms with Gasteiger partial charge >= 0.3 is 5.97 Å². The number of benzene rings is 3. The number of esters is 1. The van der Waals surface area contributed by atoms with Crippen LogP contribution in [-0.2, 0) is 16.1 Å². The lowest BCUT2D eigenvalue weighted by Gasteiger charge is -2.24. The van der Waals surface area contributed by atoms with Gasteiger partial charge in [-0.1, -0.05) is 53.3 Å². The van der Waals surface area contributed by atoms with E-state index in [1.807, 2.05) is 67.6 Å². The molecule has 1 aromatic heterocycles. The van der Waals surface area contributed by atoms with Crippen molar-refractivity contribution in [3.63, 3.8) is 0 Å². The monoisotopic (exact) mass is 758 g/mol. The van der Waals surface area contributed by atoms with E-state index >= 15 is 0 Å². The van der Waals surface area contributed by atoms with Crippen LogP contribution in [0.1, 0.15) is 42.1 Å². The topological polar surface area (TPSA) is 79.1 Å². The zero-order valence-corrected chi connectivity index (χ0v) is 28.0. The number of allylic oxidation sites excluding steroid dienone is 1. The minimum absolute atomic E-state index is 0.224. The molecule has 0 N–H and O–H groups in total. The zero-order chi connectivity index (χ0) is 30.0. The number of aromatic nitrogens is 1. The van der Waals surface area contributed by atoms with E-state index in [1.54, 1.807) is 31.6 Å². The van der Waals surface area contributed by atoms with Crippen molar-refractivity contribution < 1.29 is 19.0 Å². The van der Waals surface area contributed by atoms with Gasteiger partial charge in [0.1, 0.15) is 6.61 Å². The summed E-state index contributed by atoms with van der Waals surface area (Å²) in [5, 5.41) is 0. The third-order valence-corrected chi connectivity index (χ3v) is 9.05. The molecule has 0 saturated heterocycles. The first kappa shape index (κ1) is 30.2. The van der Waals surface area contributed by atoms with E-state index in [0.29, 0.717) is 43.2 Å². The van der Waals surface area contributed by atoms with Crippen molar-refractivity contribution in [1.82, 2.24) is 4.57 Å². The van der Waals surface area contributed by atoms with Crippen molar-refractivity contribution in [2.45, 2.75) is 33.4 Å². The summed E-state index contributed by atoms with van der Waals surface area (Å²) in [6.45, 7) is 6.14. The number of nitrogens with zero attached hydrogens (tertiary/aromatic N) is 2. The zero-order valence-electron chi connectivity index (χ0n) is 23.4. The Balaban J connectivity index is 1.56. The molecule has 0 aliphatic carbocycles. The standard InChI is InChI=1S/C32H28BrIN2O5S/c1-5-40-31(38)27-19(3)35-32-36(28(27)22-10-6-18(2)7-11-22)30(37)26(42-32)16-21-14-24(33)29(25(15-21)39-4)41-17-20-8-12-23(34)13-9-20/h6-16,28H,5,17H2,1-4H3/b26-16+/t28-/m0/s1. The number of ether oxygens (including phenoxy) is 3. The minimum Gasteiger partial charge on any atom is -0.493 e. The molecule has 0 fully saturated rings. The van der Waals surface area contributed by atoms with Crippen molar-refractivity contribution >= 4 is 61.9 Å². The second-order valence-corrected chi connectivity index (χ2v) is 12.8. The van der Waals surface area contributed by atoms with E-state index in [2.05, 4.69) is 43.5 Å². The first-order chi connectivity index (χ1) is 20.2. The smallest absolute Gasteiger partial charge is 0.338 e. The van der Waals surface area contributed by atoms with Gasteiger partial charge in [-0.3, -0.25) is 9.36 Å². The maximum atomic E-state index is 13.9. The van der Waals surface area contributed by atoms with E-state index in [9.17, 15) is 9.59 Å². The average Bonchev–Trinajstić information content (AvgIpc) is 3.26. The molecule has 1 aliphatic heterocycles. The van der Waals surface area contributed by atoms with E-state index in [-0.39, 0.29) is 12.2 Å². The first-order valence-electron chi connectivity index (χ1n) is 13.2. The number of halogens is 2. The van der Waals surface area contributed by atoms with Gasteiger partial charge in [-0.05, 0) is 106 Å². The van der Waals surface area contributed by atoms with Gasteiger partial charge in [-0.15, -0.1) is 0 Å². The average molecular weight is 759 g/mol. The lowest BCUT2D eigenvalue weighted by atomic mass is 9.95. The Morgan fingerprint density at radius 1 is 1.12 bits per heavy atom. The summed E-state index contributed by atoms with van der Waals surface area (Å²) in [7, 11) is 1.58. The molecular weight excluding hydrogens is 731 g/mol. The van der Waals surface area contributed by atoms with Gasteiger partial charge in [0.15, 0.2) is 16.3 Å². The van der Waals surface area contributed by atoms with Crippen LogP contribution in [0.25, 0.3) is 6.08 Å². The molecule has 0 unspecified atom stereocenters. The number of rotatable bonds is 8. The van der Waals surface area contributed by atoms with Crippen LogP contribution in [0, 0.1) is 10.5 Å². The Labute approximate surface area is 269 Å². The third-order valence-electron chi connectivity index (χ3n) is 6.76. The summed E-state index contributed by atoms with van der Waals surface area (Å²) in [6, 6.07) is 19.0. The van der Waals surface area contributed by atoms with Crippen LogP contribution in [0.5, 0.6) is 11.5 Å². The van der Waals surface area contributed by atoms with Crippen molar-refractivity contribution in [2.24, 2.45) is 4.99 Å². The second kappa shape index (κ2) is 13.0. The van der Waals surface area contributed by atoms with E-state index < -0.39 is 12.0 Å². The molecule has 1 aliphatic rings. The van der Waals surface area contributed by atoms with Crippen LogP contribution in [0.3, 0.4) is 0 Å². The van der Waals surface area contributed by atoms with E-state index in [1.165, 1.54) is 11.3 Å². The largest absolute Gasteiger partial charge is 0.493 e. The highest BCUT2D eigenvalue weighted by atomic mass is 127. The number of hydrogen-bond acceptors (Lipinski definition) is 7. The predicted molar refractivity (Wildman–Crippen MR) is 176 cm³/mol. The summed E-state index contributed by atoms with van der Waals surface area (Å²) in [5.41, 5.74) is 4.32. The van der Waals surface area contributed by atoms with Gasteiger partial charge in [0.2, 0.25) is 0 Å². The van der Waals surface area contributed by atoms with Crippen LogP contribution in [0.2, 0.25) is 0 Å². The van der Waals surface area contributed by atoms with Crippen LogP contribution in [0.4, 0.5) is 0 Å². The molecule has 0 spiro atoms. The van der Waals surface area contributed by atoms with E-state index in [0.717, 1.165) is 25.8 Å². The fraction of sp³-hybridized carbons (Fsp3) is 0.219. The Bertz CT molecular complexity index is 1860. The highest BCUT2D eigenvalue weighted by Gasteiger charge is 2.33. The van der Waals surface area contributed by atoms with Gasteiger partial charge in [-0.25, -0.2) is 9.79 Å². The van der Waals surface area contributed by atoms with Crippen LogP contribution < -0.4 is 24.4 Å². The predicted octanol–water partition coefficient (Wildman–Crippen LogP) is 6.06. The molecule has 5 rings (SSSR count). The summed E-state index contributed by atoms with van der Waals surface area (Å²) < 4.78 is 21.1. The maximum Gasteiger partial charge on any atom is 0.338 e. The second-order valence-electron chi connectivity index (χ2n) is 9.66. The van der Waals surface area contributed by atoms with Gasteiger partial charge in [0, 0.05) is 3.57 Å². The fourth-order valence-electron chi connectivity index (χ4n) is 4.71. The molecule has 0 radical (unpaired) electrons. The SMILES string of the molecule is CCOC(=O)C1=C(C)N=c2s/c(=C/c3cc(Br)c(OCc4ccc(I)cc4)c(OC)c3)c(=O)n2[C@H]1c1ccc(C)cc1. The highest BCUT2D eigenvalue weighted by Crippen LogP contribution is 2.37. The normalized spacial score (nSPS) is 14.8. The van der Waals surface area contributed by atoms with E-state index in [4.69, 9.17) is 14.2 Å². The number of carbonyl (C=O) groups is 1. The Kier molecular flexibility index (Phi) is 9.34. The molecule has 7 nitrogen and oxygen atoms in total. The van der Waals surface area contributed by atoms with Gasteiger partial charge in [-0.2, -0.15) is 0 Å². The lowest BCUT2D eigenvalue weighted by Crippen LogP contribution is -2.39. The first-order valence-corrected chi connectivity index (χ1v) is 15.9. The quantitative estimate of drug-likeness (QED) is 0.161. The molecule has 3 aromatic carbocycles. The number of carbonyl (C=O) groups excluding carboxylic acids is 1. The molecule has 0 amide bonds. The molecule has 10 heteroatoms. The number of methoxy groups -OCH3 is 1. The number of fused-ring (bicyclic) bond motifs is 1. The van der Waals surface area contributed by atoms with Crippen molar-refractivity contribution in [3.8, 4) is 11.5 Å².